The Balaban J connectivity index is 2.05. The van der Waals surface area contributed by atoms with Crippen molar-refractivity contribution in [3.63, 3.8) is 0 Å². The summed E-state index contributed by atoms with van der Waals surface area (Å²) in [5.41, 5.74) is 2.76. The van der Waals surface area contributed by atoms with Crippen molar-refractivity contribution in [2.75, 3.05) is 7.11 Å². The van der Waals surface area contributed by atoms with Gasteiger partial charge in [0.25, 0.3) is 0 Å². The number of benzene rings is 2. The van der Waals surface area contributed by atoms with Gasteiger partial charge in [-0.05, 0) is 53.9 Å². The van der Waals surface area contributed by atoms with Crippen LogP contribution in [0, 0.1) is 0 Å². The van der Waals surface area contributed by atoms with Crippen molar-refractivity contribution in [1.29, 1.82) is 0 Å². The molecule has 0 saturated carbocycles. The van der Waals surface area contributed by atoms with Gasteiger partial charge in [-0.25, -0.2) is 0 Å². The van der Waals surface area contributed by atoms with Crippen LogP contribution < -0.4 is 4.74 Å². The number of nitrogens with zero attached hydrogens (tertiary/aromatic N) is 3. The zero-order valence-electron chi connectivity index (χ0n) is 13.4. The van der Waals surface area contributed by atoms with Gasteiger partial charge in [-0.2, -0.15) is 0 Å². The van der Waals surface area contributed by atoms with E-state index >= 15 is 0 Å². The summed E-state index contributed by atoms with van der Waals surface area (Å²) < 4.78 is 7.10. The molecule has 3 rings (SSSR count). The predicted octanol–water partition coefficient (Wildman–Crippen LogP) is 3.77. The van der Waals surface area contributed by atoms with Crippen molar-refractivity contribution in [3.8, 4) is 28.6 Å². The van der Waals surface area contributed by atoms with Crippen LogP contribution in [0.25, 0.3) is 17.1 Å². The van der Waals surface area contributed by atoms with Crippen LogP contribution in [0.4, 0.5) is 0 Å². The Bertz CT molecular complexity index is 807. The number of hydrogen-bond donors (Lipinski definition) is 1. The van der Waals surface area contributed by atoms with Gasteiger partial charge in [0.2, 0.25) is 0 Å². The Morgan fingerprint density at radius 3 is 2.48 bits per heavy atom. The summed E-state index contributed by atoms with van der Waals surface area (Å²) in [6, 6.07) is 13.2. The number of phenolic OH excluding ortho intramolecular Hbond substituents is 1. The summed E-state index contributed by atoms with van der Waals surface area (Å²) in [7, 11) is 1.64. The van der Waals surface area contributed by atoms with E-state index in [-0.39, 0.29) is 5.92 Å². The van der Waals surface area contributed by atoms with E-state index < -0.39 is 0 Å². The Kier molecular flexibility index (Phi) is 4.02. The molecule has 1 aromatic heterocycles. The Hall–Kier alpha value is -2.82. The second-order valence-electron chi connectivity index (χ2n) is 5.65. The van der Waals surface area contributed by atoms with Crippen LogP contribution in [0.2, 0.25) is 0 Å². The number of phenols is 1. The molecule has 23 heavy (non-hydrogen) atoms. The van der Waals surface area contributed by atoms with Gasteiger partial charge in [-0.3, -0.25) is 4.57 Å². The smallest absolute Gasteiger partial charge is 0.168 e. The highest BCUT2D eigenvalue weighted by Crippen LogP contribution is 2.31. The fourth-order valence-corrected chi connectivity index (χ4v) is 2.52. The molecule has 0 amide bonds. The summed E-state index contributed by atoms with van der Waals surface area (Å²) in [6.07, 6.45) is 1.68. The lowest BCUT2D eigenvalue weighted by atomic mass is 9.99. The van der Waals surface area contributed by atoms with Crippen LogP contribution in [0.3, 0.4) is 0 Å². The minimum Gasteiger partial charge on any atom is -0.508 e. The Morgan fingerprint density at radius 1 is 1.09 bits per heavy atom. The van der Waals surface area contributed by atoms with E-state index in [1.807, 2.05) is 54.8 Å². The van der Waals surface area contributed by atoms with Gasteiger partial charge in [0.1, 0.15) is 17.8 Å². The minimum atomic E-state index is 0.229. The highest BCUT2D eigenvalue weighted by atomic mass is 16.5. The number of hydrogen-bond acceptors (Lipinski definition) is 4. The summed E-state index contributed by atoms with van der Waals surface area (Å²) in [6.45, 7) is 4.10. The van der Waals surface area contributed by atoms with Crippen LogP contribution in [0.1, 0.15) is 25.3 Å². The fourth-order valence-electron chi connectivity index (χ4n) is 2.52. The molecule has 0 saturated heterocycles. The van der Waals surface area contributed by atoms with E-state index in [0.717, 1.165) is 28.4 Å². The molecular weight excluding hydrogens is 290 g/mol. The zero-order valence-corrected chi connectivity index (χ0v) is 13.4. The SMILES string of the molecule is COc1ccc(-n2cnnc2-c2ccc(O)c(C(C)C)c2)cc1. The second kappa shape index (κ2) is 6.12. The molecule has 0 aliphatic rings. The lowest BCUT2D eigenvalue weighted by Crippen LogP contribution is -1.97. The molecule has 0 unspecified atom stereocenters. The average Bonchev–Trinajstić information content (AvgIpc) is 3.04. The van der Waals surface area contributed by atoms with E-state index in [2.05, 4.69) is 10.2 Å². The lowest BCUT2D eigenvalue weighted by Gasteiger charge is -2.12. The average molecular weight is 309 g/mol. The van der Waals surface area contributed by atoms with Gasteiger partial charge < -0.3 is 9.84 Å². The number of methoxy groups -OCH3 is 1. The molecule has 0 spiro atoms. The highest BCUT2D eigenvalue weighted by Gasteiger charge is 2.13. The van der Waals surface area contributed by atoms with Crippen LogP contribution >= 0.6 is 0 Å². The Morgan fingerprint density at radius 2 is 1.83 bits per heavy atom. The van der Waals surface area contributed by atoms with Crippen LogP contribution in [-0.4, -0.2) is 27.0 Å². The molecule has 1 N–H and O–H groups in total. The van der Waals surface area contributed by atoms with E-state index in [4.69, 9.17) is 4.74 Å². The third-order valence-electron chi connectivity index (χ3n) is 3.81. The maximum atomic E-state index is 9.99. The first-order valence-electron chi connectivity index (χ1n) is 7.48. The van der Waals surface area contributed by atoms with Gasteiger partial charge in [-0.1, -0.05) is 13.8 Å². The molecule has 0 aliphatic carbocycles. The first-order chi connectivity index (χ1) is 11.1. The predicted molar refractivity (Wildman–Crippen MR) is 89.1 cm³/mol. The number of rotatable bonds is 4. The highest BCUT2D eigenvalue weighted by molar-refractivity contribution is 5.61. The Labute approximate surface area is 135 Å². The van der Waals surface area contributed by atoms with Gasteiger partial charge in [0, 0.05) is 11.3 Å². The van der Waals surface area contributed by atoms with Crippen molar-refractivity contribution in [1.82, 2.24) is 14.8 Å². The summed E-state index contributed by atoms with van der Waals surface area (Å²) >= 11 is 0. The topological polar surface area (TPSA) is 60.2 Å². The van der Waals surface area contributed by atoms with Crippen molar-refractivity contribution >= 4 is 0 Å². The number of aromatic nitrogens is 3. The normalized spacial score (nSPS) is 11.0. The van der Waals surface area contributed by atoms with E-state index in [1.54, 1.807) is 19.5 Å². The summed E-state index contributed by atoms with van der Waals surface area (Å²) in [5, 5.41) is 18.3. The van der Waals surface area contributed by atoms with Crippen molar-refractivity contribution in [2.45, 2.75) is 19.8 Å². The third-order valence-corrected chi connectivity index (χ3v) is 3.81. The monoisotopic (exact) mass is 309 g/mol. The molecule has 0 atom stereocenters. The zero-order chi connectivity index (χ0) is 16.4. The number of ether oxygens (including phenoxy) is 1. The first-order valence-corrected chi connectivity index (χ1v) is 7.48. The lowest BCUT2D eigenvalue weighted by molar-refractivity contribution is 0.415. The summed E-state index contributed by atoms with van der Waals surface area (Å²) in [4.78, 5) is 0. The van der Waals surface area contributed by atoms with Gasteiger partial charge in [0.15, 0.2) is 5.82 Å². The molecule has 5 heteroatoms. The van der Waals surface area contributed by atoms with Gasteiger partial charge >= 0.3 is 0 Å². The maximum Gasteiger partial charge on any atom is 0.168 e. The molecule has 0 fully saturated rings. The fraction of sp³-hybridized carbons (Fsp3) is 0.222. The quantitative estimate of drug-likeness (QED) is 0.797. The molecule has 118 valence electrons. The van der Waals surface area contributed by atoms with Gasteiger partial charge in [-0.15, -0.1) is 10.2 Å². The van der Waals surface area contributed by atoms with Crippen LogP contribution in [0.5, 0.6) is 11.5 Å². The van der Waals surface area contributed by atoms with Crippen molar-refractivity contribution in [3.05, 3.63) is 54.4 Å². The first kappa shape index (κ1) is 15.1. The van der Waals surface area contributed by atoms with E-state index in [9.17, 15) is 5.11 Å². The molecule has 2 aromatic carbocycles. The van der Waals surface area contributed by atoms with Crippen LogP contribution in [0.15, 0.2) is 48.8 Å². The largest absolute Gasteiger partial charge is 0.508 e. The van der Waals surface area contributed by atoms with Crippen molar-refractivity contribution in [2.24, 2.45) is 0 Å². The molecule has 0 aliphatic heterocycles. The molecule has 0 bridgehead atoms. The van der Waals surface area contributed by atoms with E-state index in [0.29, 0.717) is 5.75 Å². The minimum absolute atomic E-state index is 0.229. The number of aromatic hydroxyl groups is 1. The third kappa shape index (κ3) is 2.90. The molecule has 3 aromatic rings. The second-order valence-corrected chi connectivity index (χ2v) is 5.65. The molecule has 1 heterocycles. The van der Waals surface area contributed by atoms with Crippen LogP contribution in [-0.2, 0) is 0 Å². The standard InChI is InChI=1S/C18H19N3O2/c1-12(2)16-10-13(4-9-17(16)22)18-20-19-11-21(18)14-5-7-15(23-3)8-6-14/h4-12,22H,1-3H3. The van der Waals surface area contributed by atoms with Crippen molar-refractivity contribution < 1.29 is 9.84 Å². The van der Waals surface area contributed by atoms with E-state index in [1.165, 1.54) is 0 Å². The molecule has 0 radical (unpaired) electrons. The van der Waals surface area contributed by atoms with Gasteiger partial charge in [0.05, 0.1) is 7.11 Å². The maximum absolute atomic E-state index is 9.99. The molecule has 5 nitrogen and oxygen atoms in total. The molecular formula is C18H19N3O2. The summed E-state index contributed by atoms with van der Waals surface area (Å²) in [5.74, 6) is 2.07.